The molecular weight excluding hydrogens is 362 g/mol. The lowest BCUT2D eigenvalue weighted by Gasteiger charge is -2.28. The summed E-state index contributed by atoms with van der Waals surface area (Å²) >= 11 is 0. The lowest BCUT2D eigenvalue weighted by molar-refractivity contribution is -0.113. The molecule has 1 atom stereocenters. The first-order valence-corrected chi connectivity index (χ1v) is 10.4. The maximum atomic E-state index is 12.9. The van der Waals surface area contributed by atoms with Crippen LogP contribution in [0.15, 0.2) is 60.4 Å². The molecule has 3 heterocycles. The summed E-state index contributed by atoms with van der Waals surface area (Å²) in [5.41, 5.74) is 6.41. The number of H-pyrrole nitrogens is 1. The second-order valence-corrected chi connectivity index (χ2v) is 7.84. The van der Waals surface area contributed by atoms with Crippen LogP contribution in [0, 0.1) is 0 Å². The number of amides is 1. The van der Waals surface area contributed by atoms with Crippen molar-refractivity contribution in [1.29, 1.82) is 0 Å². The van der Waals surface area contributed by atoms with Crippen molar-refractivity contribution in [3.63, 3.8) is 0 Å². The zero-order valence-corrected chi connectivity index (χ0v) is 16.6. The molecule has 1 amide bonds. The van der Waals surface area contributed by atoms with E-state index in [1.54, 1.807) is 12.4 Å². The molecule has 0 saturated carbocycles. The number of rotatable bonds is 4. The Labute approximate surface area is 170 Å². The maximum Gasteiger partial charge on any atom is 0.251 e. The zero-order valence-electron chi connectivity index (χ0n) is 16.6. The molecule has 0 bridgehead atoms. The first-order chi connectivity index (χ1) is 14.2. The molecule has 1 aromatic heterocycles. The normalized spacial score (nSPS) is 20.4. The minimum atomic E-state index is -0.0587. The van der Waals surface area contributed by atoms with Gasteiger partial charge in [0, 0.05) is 25.0 Å². The monoisotopic (exact) mass is 387 g/mol. The number of nitrogens with one attached hydrogen (secondary N) is 1. The third kappa shape index (κ3) is 3.25. The van der Waals surface area contributed by atoms with Gasteiger partial charge in [0.25, 0.3) is 5.91 Å². The number of aromatic amines is 1. The standard InChI is InChI=1S/C24H25N3O2/c1-2-16-13-23(28)27(20-7-8-21-22(14-20)26-15-25-21)24(16)19-5-3-17(4-6-19)18-9-11-29-12-10-18/h3-8,13-15,18,24H,2,9-12H2,1H3,(H,25,26). The van der Waals surface area contributed by atoms with Crippen molar-refractivity contribution in [3.05, 3.63) is 71.6 Å². The molecule has 1 unspecified atom stereocenters. The molecule has 2 aliphatic heterocycles. The molecule has 1 fully saturated rings. The Bertz CT molecular complexity index is 1060. The van der Waals surface area contributed by atoms with Crippen molar-refractivity contribution >= 4 is 22.6 Å². The number of ether oxygens (including phenoxy) is 1. The van der Waals surface area contributed by atoms with E-state index in [9.17, 15) is 4.79 Å². The number of hydrogen-bond donors (Lipinski definition) is 1. The molecule has 3 aromatic rings. The molecule has 29 heavy (non-hydrogen) atoms. The summed E-state index contributed by atoms with van der Waals surface area (Å²) in [6.07, 6.45) is 6.49. The molecule has 2 aliphatic rings. The summed E-state index contributed by atoms with van der Waals surface area (Å²) in [5, 5.41) is 0. The van der Waals surface area contributed by atoms with Gasteiger partial charge in [-0.1, -0.05) is 31.2 Å². The van der Waals surface area contributed by atoms with Crippen LogP contribution in [0.25, 0.3) is 11.0 Å². The molecule has 0 aliphatic carbocycles. The number of benzene rings is 2. The molecular formula is C24H25N3O2. The van der Waals surface area contributed by atoms with Crippen LogP contribution in [0.5, 0.6) is 0 Å². The Morgan fingerprint density at radius 3 is 2.62 bits per heavy atom. The van der Waals surface area contributed by atoms with Gasteiger partial charge in [-0.05, 0) is 60.1 Å². The van der Waals surface area contributed by atoms with Crippen LogP contribution in [0.3, 0.4) is 0 Å². The minimum absolute atomic E-state index is 0.0409. The van der Waals surface area contributed by atoms with Crippen molar-refractivity contribution in [2.24, 2.45) is 0 Å². The van der Waals surface area contributed by atoms with Gasteiger partial charge in [-0.3, -0.25) is 9.69 Å². The summed E-state index contributed by atoms with van der Waals surface area (Å²) in [5.74, 6) is 0.613. The predicted octanol–water partition coefficient (Wildman–Crippen LogP) is 4.88. The van der Waals surface area contributed by atoms with Gasteiger partial charge in [0.2, 0.25) is 0 Å². The van der Waals surface area contributed by atoms with Crippen LogP contribution < -0.4 is 4.90 Å². The van der Waals surface area contributed by atoms with Crippen molar-refractivity contribution in [3.8, 4) is 0 Å². The van der Waals surface area contributed by atoms with Gasteiger partial charge in [-0.25, -0.2) is 4.98 Å². The minimum Gasteiger partial charge on any atom is -0.381 e. The number of imidazole rings is 1. The molecule has 1 saturated heterocycles. The number of hydrogen-bond acceptors (Lipinski definition) is 3. The highest BCUT2D eigenvalue weighted by Gasteiger charge is 2.34. The lowest BCUT2D eigenvalue weighted by Crippen LogP contribution is -2.29. The highest BCUT2D eigenvalue weighted by molar-refractivity contribution is 6.06. The van der Waals surface area contributed by atoms with Crippen LogP contribution in [-0.4, -0.2) is 29.1 Å². The van der Waals surface area contributed by atoms with E-state index >= 15 is 0 Å². The van der Waals surface area contributed by atoms with Gasteiger partial charge in [0.05, 0.1) is 23.4 Å². The van der Waals surface area contributed by atoms with Gasteiger partial charge in [-0.15, -0.1) is 0 Å². The molecule has 5 heteroatoms. The first kappa shape index (κ1) is 18.1. The van der Waals surface area contributed by atoms with Crippen LogP contribution in [0.4, 0.5) is 5.69 Å². The Morgan fingerprint density at radius 1 is 1.10 bits per heavy atom. The average molecular weight is 387 g/mol. The van der Waals surface area contributed by atoms with Crippen molar-refractivity contribution in [1.82, 2.24) is 9.97 Å². The first-order valence-electron chi connectivity index (χ1n) is 10.4. The van der Waals surface area contributed by atoms with E-state index in [1.807, 2.05) is 23.1 Å². The van der Waals surface area contributed by atoms with Gasteiger partial charge >= 0.3 is 0 Å². The summed E-state index contributed by atoms with van der Waals surface area (Å²) < 4.78 is 5.50. The van der Waals surface area contributed by atoms with E-state index in [1.165, 1.54) is 5.56 Å². The fraction of sp³-hybridized carbons (Fsp3) is 0.333. The SMILES string of the molecule is CCC1=CC(=O)N(c2ccc3nc[nH]c3c2)C1c1ccc(C2CCOCC2)cc1. The van der Waals surface area contributed by atoms with Gasteiger partial charge in [0.15, 0.2) is 0 Å². The van der Waals surface area contributed by atoms with E-state index in [2.05, 4.69) is 41.2 Å². The largest absolute Gasteiger partial charge is 0.381 e. The predicted molar refractivity (Wildman–Crippen MR) is 114 cm³/mol. The summed E-state index contributed by atoms with van der Waals surface area (Å²) in [4.78, 5) is 22.3. The summed E-state index contributed by atoms with van der Waals surface area (Å²) in [6.45, 7) is 3.80. The van der Waals surface area contributed by atoms with Gasteiger partial charge in [-0.2, -0.15) is 0 Å². The van der Waals surface area contributed by atoms with E-state index in [4.69, 9.17) is 4.74 Å². The number of nitrogens with zero attached hydrogens (tertiary/aromatic N) is 2. The molecule has 0 spiro atoms. The van der Waals surface area contributed by atoms with Gasteiger partial charge < -0.3 is 9.72 Å². The van der Waals surface area contributed by atoms with E-state index in [0.29, 0.717) is 5.92 Å². The number of aromatic nitrogens is 2. The second kappa shape index (κ2) is 7.48. The molecule has 2 aromatic carbocycles. The third-order valence-electron chi connectivity index (χ3n) is 6.19. The van der Waals surface area contributed by atoms with Crippen LogP contribution >= 0.6 is 0 Å². The molecule has 0 radical (unpaired) electrons. The smallest absolute Gasteiger partial charge is 0.251 e. The Balaban J connectivity index is 1.49. The van der Waals surface area contributed by atoms with E-state index in [0.717, 1.165) is 60.3 Å². The van der Waals surface area contributed by atoms with Gasteiger partial charge in [0.1, 0.15) is 0 Å². The quantitative estimate of drug-likeness (QED) is 0.694. The van der Waals surface area contributed by atoms with Crippen molar-refractivity contribution < 1.29 is 9.53 Å². The molecule has 1 N–H and O–H groups in total. The lowest BCUT2D eigenvalue weighted by atomic mass is 9.89. The van der Waals surface area contributed by atoms with Crippen LogP contribution in [-0.2, 0) is 9.53 Å². The average Bonchev–Trinajstić information content (AvgIpc) is 3.37. The van der Waals surface area contributed by atoms with Crippen molar-refractivity contribution in [2.45, 2.75) is 38.1 Å². The number of anilines is 1. The molecule has 148 valence electrons. The summed E-state index contributed by atoms with van der Waals surface area (Å²) in [6, 6.07) is 14.8. The Morgan fingerprint density at radius 2 is 1.86 bits per heavy atom. The fourth-order valence-electron chi connectivity index (χ4n) is 4.59. The Kier molecular flexibility index (Phi) is 4.68. The van der Waals surface area contributed by atoms with Crippen molar-refractivity contribution in [2.75, 3.05) is 18.1 Å². The molecule has 5 nitrogen and oxygen atoms in total. The fourth-order valence-corrected chi connectivity index (χ4v) is 4.59. The van der Waals surface area contributed by atoms with E-state index in [-0.39, 0.29) is 11.9 Å². The number of fused-ring (bicyclic) bond motifs is 1. The topological polar surface area (TPSA) is 58.2 Å². The third-order valence-corrected chi connectivity index (χ3v) is 6.19. The van der Waals surface area contributed by atoms with Crippen LogP contribution in [0.1, 0.15) is 49.3 Å². The summed E-state index contributed by atoms with van der Waals surface area (Å²) in [7, 11) is 0. The van der Waals surface area contributed by atoms with Crippen LogP contribution in [0.2, 0.25) is 0 Å². The number of carbonyl (C=O) groups is 1. The van der Waals surface area contributed by atoms with E-state index < -0.39 is 0 Å². The maximum absolute atomic E-state index is 12.9. The zero-order chi connectivity index (χ0) is 19.8. The highest BCUT2D eigenvalue weighted by Crippen LogP contribution is 2.40. The number of carbonyl (C=O) groups excluding carboxylic acids is 1. The second-order valence-electron chi connectivity index (χ2n) is 7.84. The highest BCUT2D eigenvalue weighted by atomic mass is 16.5. The Hall–Kier alpha value is -2.92. The molecule has 5 rings (SSSR count).